The van der Waals surface area contributed by atoms with Gasteiger partial charge in [0.25, 0.3) is 11.8 Å². The van der Waals surface area contributed by atoms with Crippen LogP contribution in [0.15, 0.2) is 114 Å². The molecule has 3 amide bonds. The van der Waals surface area contributed by atoms with Gasteiger partial charge in [0, 0.05) is 16.1 Å². The highest BCUT2D eigenvalue weighted by Gasteiger charge is 2.18. The molecule has 0 aliphatic carbocycles. The van der Waals surface area contributed by atoms with Crippen LogP contribution in [-0.4, -0.2) is 37.2 Å². The molecule has 4 aromatic carbocycles. The minimum atomic E-state index is -0.501. The van der Waals surface area contributed by atoms with Crippen molar-refractivity contribution in [3.8, 4) is 11.5 Å². The van der Waals surface area contributed by atoms with Crippen molar-refractivity contribution in [3.05, 3.63) is 120 Å². The Morgan fingerprint density at radius 2 is 1.50 bits per heavy atom. The highest BCUT2D eigenvalue weighted by atomic mass is 32.2. The van der Waals surface area contributed by atoms with Crippen LogP contribution in [0.2, 0.25) is 0 Å². The molecule has 0 aliphatic rings. The first-order valence-electron chi connectivity index (χ1n) is 13.1. The molecular weight excluding hydrogens is 550 g/mol. The topological polar surface area (TPSA) is 106 Å². The van der Waals surface area contributed by atoms with Crippen molar-refractivity contribution >= 4 is 46.9 Å². The van der Waals surface area contributed by atoms with Crippen LogP contribution in [0, 0.1) is 0 Å². The Labute approximate surface area is 249 Å². The Kier molecular flexibility index (Phi) is 10.4. The molecule has 9 heteroatoms. The number of benzene rings is 4. The third-order valence-corrected chi connectivity index (χ3v) is 7.19. The number of carbonyl (C=O) groups excluding carboxylic acids is 3. The lowest BCUT2D eigenvalue weighted by atomic mass is 10.1. The molecule has 0 saturated carbocycles. The smallest absolute Gasteiger partial charge is 0.272 e. The summed E-state index contributed by atoms with van der Waals surface area (Å²) in [5, 5.41) is 8.06. The molecule has 0 saturated heterocycles. The number of nitrogens with one attached hydrogen (secondary N) is 3. The van der Waals surface area contributed by atoms with E-state index >= 15 is 0 Å². The van der Waals surface area contributed by atoms with Gasteiger partial charge in [-0.15, -0.1) is 11.8 Å². The maximum atomic E-state index is 13.4. The molecule has 4 rings (SSSR count). The number of anilines is 2. The van der Waals surface area contributed by atoms with Crippen molar-refractivity contribution in [2.45, 2.75) is 17.1 Å². The molecule has 214 valence electrons. The number of ether oxygens (including phenoxy) is 2. The van der Waals surface area contributed by atoms with Crippen LogP contribution in [0.5, 0.6) is 11.5 Å². The molecular formula is C33H31N3O5S. The Bertz CT molecular complexity index is 1570. The van der Waals surface area contributed by atoms with Gasteiger partial charge in [0.2, 0.25) is 5.91 Å². The van der Waals surface area contributed by atoms with E-state index < -0.39 is 17.1 Å². The third-order valence-electron chi connectivity index (χ3n) is 6.09. The SMILES string of the molecule is COc1ccc(/C=C(/NC(=O)c2ccccc2)C(=O)Nc2cccc(SC(C)C(=O)Nc3ccccc3OC)c2)cc1. The van der Waals surface area contributed by atoms with Crippen LogP contribution in [0.4, 0.5) is 11.4 Å². The Morgan fingerprint density at radius 1 is 0.786 bits per heavy atom. The van der Waals surface area contributed by atoms with E-state index in [0.29, 0.717) is 34.0 Å². The highest BCUT2D eigenvalue weighted by molar-refractivity contribution is 8.00. The largest absolute Gasteiger partial charge is 0.497 e. The Hall–Kier alpha value is -5.02. The molecule has 0 bridgehead atoms. The van der Waals surface area contributed by atoms with Crippen molar-refractivity contribution < 1.29 is 23.9 Å². The number of para-hydroxylation sites is 2. The van der Waals surface area contributed by atoms with Gasteiger partial charge in [0.15, 0.2) is 0 Å². The van der Waals surface area contributed by atoms with Crippen molar-refractivity contribution in [3.63, 3.8) is 0 Å². The number of rotatable bonds is 11. The van der Waals surface area contributed by atoms with E-state index in [1.807, 2.05) is 24.3 Å². The molecule has 0 fully saturated rings. The van der Waals surface area contributed by atoms with Gasteiger partial charge < -0.3 is 25.4 Å². The average Bonchev–Trinajstić information content (AvgIpc) is 3.01. The summed E-state index contributed by atoms with van der Waals surface area (Å²) in [7, 11) is 3.12. The van der Waals surface area contributed by atoms with E-state index in [1.54, 1.807) is 106 Å². The zero-order valence-electron chi connectivity index (χ0n) is 23.4. The quantitative estimate of drug-likeness (QED) is 0.143. The maximum Gasteiger partial charge on any atom is 0.272 e. The molecule has 4 aromatic rings. The summed E-state index contributed by atoms with van der Waals surface area (Å²) in [5.41, 5.74) is 2.29. The Balaban J connectivity index is 1.48. The van der Waals surface area contributed by atoms with Crippen LogP contribution in [0.1, 0.15) is 22.8 Å². The lowest BCUT2D eigenvalue weighted by Gasteiger charge is -2.15. The van der Waals surface area contributed by atoms with E-state index in [9.17, 15) is 14.4 Å². The number of hydrogen-bond donors (Lipinski definition) is 3. The Morgan fingerprint density at radius 3 is 2.21 bits per heavy atom. The fourth-order valence-corrected chi connectivity index (χ4v) is 4.82. The molecule has 1 unspecified atom stereocenters. The van der Waals surface area contributed by atoms with Crippen molar-refractivity contribution in [1.29, 1.82) is 0 Å². The molecule has 0 heterocycles. The first-order valence-corrected chi connectivity index (χ1v) is 14.0. The number of carbonyl (C=O) groups is 3. The van der Waals surface area contributed by atoms with E-state index in [4.69, 9.17) is 9.47 Å². The molecule has 0 aliphatic heterocycles. The molecule has 42 heavy (non-hydrogen) atoms. The monoisotopic (exact) mass is 581 g/mol. The van der Waals surface area contributed by atoms with Crippen LogP contribution < -0.4 is 25.4 Å². The lowest BCUT2D eigenvalue weighted by molar-refractivity contribution is -0.115. The van der Waals surface area contributed by atoms with Crippen molar-refractivity contribution in [2.24, 2.45) is 0 Å². The van der Waals surface area contributed by atoms with E-state index in [0.717, 1.165) is 4.90 Å². The third kappa shape index (κ3) is 8.25. The van der Waals surface area contributed by atoms with Crippen molar-refractivity contribution in [2.75, 3.05) is 24.9 Å². The van der Waals surface area contributed by atoms with E-state index in [1.165, 1.54) is 11.8 Å². The first kappa shape index (κ1) is 30.0. The standard InChI is InChI=1S/C33H31N3O5S/c1-22(31(37)35-28-14-7-8-15-30(28)41-3)42-27-13-9-12-25(21-27)34-33(39)29(20-23-16-18-26(40-2)19-17-23)36-32(38)24-10-5-4-6-11-24/h4-22H,1-3H3,(H,34,39)(H,35,37)(H,36,38)/b29-20+. The number of thioether (sulfide) groups is 1. The first-order chi connectivity index (χ1) is 20.4. The summed E-state index contributed by atoms with van der Waals surface area (Å²) in [6, 6.07) is 30.1. The number of hydrogen-bond acceptors (Lipinski definition) is 6. The van der Waals surface area contributed by atoms with E-state index in [2.05, 4.69) is 16.0 Å². The number of amides is 3. The van der Waals surface area contributed by atoms with Gasteiger partial charge in [-0.05, 0) is 73.2 Å². The van der Waals surface area contributed by atoms with Gasteiger partial charge in [-0.1, -0.05) is 48.5 Å². The summed E-state index contributed by atoms with van der Waals surface area (Å²) in [6.45, 7) is 1.80. The van der Waals surface area contributed by atoms with Gasteiger partial charge >= 0.3 is 0 Å². The minimum absolute atomic E-state index is 0.0663. The van der Waals surface area contributed by atoms with Gasteiger partial charge in [-0.25, -0.2) is 0 Å². The predicted octanol–water partition coefficient (Wildman–Crippen LogP) is 6.23. The normalized spacial score (nSPS) is 11.6. The van der Waals surface area contributed by atoms with Crippen molar-refractivity contribution in [1.82, 2.24) is 5.32 Å². The fourth-order valence-electron chi connectivity index (χ4n) is 3.89. The zero-order valence-corrected chi connectivity index (χ0v) is 24.2. The zero-order chi connectivity index (χ0) is 29.9. The van der Waals surface area contributed by atoms with Gasteiger partial charge in [0.05, 0.1) is 25.2 Å². The lowest BCUT2D eigenvalue weighted by Crippen LogP contribution is -2.30. The molecule has 8 nitrogen and oxygen atoms in total. The maximum absolute atomic E-state index is 13.4. The highest BCUT2D eigenvalue weighted by Crippen LogP contribution is 2.29. The second-order valence-corrected chi connectivity index (χ2v) is 10.5. The van der Waals surface area contributed by atoms with Crippen LogP contribution in [0.25, 0.3) is 6.08 Å². The molecule has 3 N–H and O–H groups in total. The van der Waals surface area contributed by atoms with E-state index in [-0.39, 0.29) is 11.6 Å². The van der Waals surface area contributed by atoms with Gasteiger partial charge in [0.1, 0.15) is 17.2 Å². The van der Waals surface area contributed by atoms with Gasteiger partial charge in [-0.3, -0.25) is 14.4 Å². The summed E-state index contributed by atoms with van der Waals surface area (Å²) in [6.07, 6.45) is 1.60. The minimum Gasteiger partial charge on any atom is -0.497 e. The average molecular weight is 582 g/mol. The molecule has 0 spiro atoms. The summed E-state index contributed by atoms with van der Waals surface area (Å²) < 4.78 is 10.5. The van der Waals surface area contributed by atoms with Gasteiger partial charge in [-0.2, -0.15) is 0 Å². The summed E-state index contributed by atoms with van der Waals surface area (Å²) >= 11 is 1.35. The summed E-state index contributed by atoms with van der Waals surface area (Å²) in [5.74, 6) is 0.147. The van der Waals surface area contributed by atoms with Crippen LogP contribution in [0.3, 0.4) is 0 Å². The second-order valence-electron chi connectivity index (χ2n) is 9.08. The number of methoxy groups -OCH3 is 2. The molecule has 0 aromatic heterocycles. The molecule has 1 atom stereocenters. The van der Waals surface area contributed by atoms with Crippen LogP contribution >= 0.6 is 11.8 Å². The second kappa shape index (κ2) is 14.6. The molecule has 0 radical (unpaired) electrons. The fraction of sp³-hybridized carbons (Fsp3) is 0.121. The predicted molar refractivity (Wildman–Crippen MR) is 167 cm³/mol. The van der Waals surface area contributed by atoms with Crippen LogP contribution in [-0.2, 0) is 9.59 Å². The summed E-state index contributed by atoms with van der Waals surface area (Å²) in [4.78, 5) is 40.0.